The number of carboxylic acid groups (broad SMARTS) is 1. The second-order valence-corrected chi connectivity index (χ2v) is 1.01. The van der Waals surface area contributed by atoms with Gasteiger partial charge in [-0.05, 0) is 6.92 Å². The number of aliphatic hydroxyl groups is 1. The van der Waals surface area contributed by atoms with Crippen molar-refractivity contribution in [3.05, 3.63) is 0 Å². The van der Waals surface area contributed by atoms with Gasteiger partial charge in [-0.1, -0.05) is 0 Å². The van der Waals surface area contributed by atoms with Crippen LogP contribution in [0.3, 0.4) is 0 Å². The van der Waals surface area contributed by atoms with Gasteiger partial charge in [-0.25, -0.2) is 4.79 Å². The maximum Gasteiger partial charge on any atom is 0.332 e. The molecule has 0 amide bonds. The Morgan fingerprint density at radius 1 is 1.25 bits per heavy atom. The standard InChI is InChI=1S/C3H6O3.2H3N.3H2O.Ti/c1-2(4)3(5)6;;;;;;/h2,4H,1H3,(H,5,6);2*1H3;3*1H2;. The summed E-state index contributed by atoms with van der Waals surface area (Å²) in [4.78, 5) is 9.45. The Kier molecular flexibility index (Phi) is 149. The zero-order valence-electron chi connectivity index (χ0n) is 7.27. The largest absolute Gasteiger partial charge is 0.870 e. The van der Waals surface area contributed by atoms with Crippen LogP contribution in [0.2, 0.25) is 0 Å². The Morgan fingerprint density at radius 2 is 1.33 bits per heavy atom. The van der Waals surface area contributed by atoms with E-state index in [0.29, 0.717) is 0 Å². The van der Waals surface area contributed by atoms with Gasteiger partial charge < -0.3 is 38.9 Å². The van der Waals surface area contributed by atoms with E-state index in [0.717, 1.165) is 0 Å². The van der Waals surface area contributed by atoms with Gasteiger partial charge in [0.2, 0.25) is 0 Å². The van der Waals surface area contributed by atoms with E-state index in [1.807, 2.05) is 0 Å². The molecule has 0 aliphatic heterocycles. The maximum atomic E-state index is 9.45. The molecule has 0 saturated heterocycles. The molecule has 1 unspecified atom stereocenters. The van der Waals surface area contributed by atoms with Gasteiger partial charge in [0.25, 0.3) is 0 Å². The molecular formula is C3H18N2O6Ti. The van der Waals surface area contributed by atoms with Crippen molar-refractivity contribution in [1.29, 1.82) is 0 Å². The van der Waals surface area contributed by atoms with Gasteiger partial charge in [0.1, 0.15) is 6.10 Å². The average molecular weight is 226 g/mol. The van der Waals surface area contributed by atoms with Gasteiger partial charge in [0, 0.05) is 21.7 Å². The molecule has 0 radical (unpaired) electrons. The average Bonchev–Trinajstić information content (AvgIpc) is 1.36. The number of carbonyl (C=O) groups is 1. The first-order valence-electron chi connectivity index (χ1n) is 1.55. The van der Waals surface area contributed by atoms with E-state index in [2.05, 4.69) is 0 Å². The third kappa shape index (κ3) is 51.1. The summed E-state index contributed by atoms with van der Waals surface area (Å²) in [5.74, 6) is -1.19. The molecule has 0 fully saturated rings. The van der Waals surface area contributed by atoms with Crippen molar-refractivity contribution < 1.29 is 53.2 Å². The minimum Gasteiger partial charge on any atom is -0.870 e. The number of hydrogen-bond donors (Lipinski definition) is 4. The molecule has 0 bridgehead atoms. The van der Waals surface area contributed by atoms with Crippen LogP contribution in [0.15, 0.2) is 0 Å². The molecule has 0 saturated carbocycles. The molecule has 9 heteroatoms. The van der Waals surface area contributed by atoms with Gasteiger partial charge in [0.15, 0.2) is 0 Å². The van der Waals surface area contributed by atoms with Crippen LogP contribution < -0.4 is 12.3 Å². The van der Waals surface area contributed by atoms with E-state index < -0.39 is 12.1 Å². The van der Waals surface area contributed by atoms with Crippen molar-refractivity contribution in [2.45, 2.75) is 13.0 Å². The monoisotopic (exact) mass is 226 g/mol. The first kappa shape index (κ1) is 58.5. The minimum absolute atomic E-state index is 0. The molecule has 14 N–H and O–H groups in total. The van der Waals surface area contributed by atoms with E-state index in [9.17, 15) is 4.79 Å². The number of quaternary nitrogens is 2. The summed E-state index contributed by atoms with van der Waals surface area (Å²) in [5.41, 5.74) is 0. The molecule has 0 aromatic rings. The van der Waals surface area contributed by atoms with Crippen molar-refractivity contribution in [3.63, 3.8) is 0 Å². The van der Waals surface area contributed by atoms with E-state index >= 15 is 0 Å². The summed E-state index contributed by atoms with van der Waals surface area (Å²) in [6.45, 7) is 1.20. The third-order valence-corrected chi connectivity index (χ3v) is 0.357. The Balaban J connectivity index is -0.00000000833. The topological polar surface area (TPSA) is 222 Å². The molecule has 0 aliphatic carbocycles. The van der Waals surface area contributed by atoms with E-state index in [1.54, 1.807) is 0 Å². The fourth-order valence-corrected chi connectivity index (χ4v) is 0. The predicted molar refractivity (Wildman–Crippen MR) is 38.8 cm³/mol. The zero-order valence-corrected chi connectivity index (χ0v) is 8.84. The van der Waals surface area contributed by atoms with Crippen LogP contribution in [0, 0.1) is 0 Å². The van der Waals surface area contributed by atoms with Crippen molar-refractivity contribution >= 4 is 5.97 Å². The zero-order chi connectivity index (χ0) is 5.15. The molecule has 0 rings (SSSR count). The normalized spacial score (nSPS) is 6.83. The molecule has 0 spiro atoms. The van der Waals surface area contributed by atoms with Crippen molar-refractivity contribution in [2.24, 2.45) is 0 Å². The van der Waals surface area contributed by atoms with Crippen LogP contribution in [-0.2, 0) is 26.5 Å². The molecule has 0 heterocycles. The molecule has 80 valence electrons. The number of aliphatic hydroxyl groups excluding tert-OH is 1. The van der Waals surface area contributed by atoms with Crippen LogP contribution in [0.1, 0.15) is 6.92 Å². The molecule has 8 nitrogen and oxygen atoms in total. The van der Waals surface area contributed by atoms with Crippen molar-refractivity contribution in [1.82, 2.24) is 12.3 Å². The minimum atomic E-state index is -1.23. The molecule has 0 aromatic carbocycles. The number of aliphatic carboxylic acids is 1. The number of carboxylic acids is 1. The predicted octanol–water partition coefficient (Wildman–Crippen LogP) is -0.977. The third-order valence-electron chi connectivity index (χ3n) is 0.357. The second kappa shape index (κ2) is 30.6. The quantitative estimate of drug-likeness (QED) is 0.412. The number of rotatable bonds is 1. The van der Waals surface area contributed by atoms with Gasteiger partial charge >= 0.3 is 5.97 Å². The first-order chi connectivity index (χ1) is 2.64. The SMILES string of the molecule is CC(O)C(=O)O.O.[NH4+].[NH4+].[OH-].[OH-].[Ti]. The van der Waals surface area contributed by atoms with Crippen molar-refractivity contribution in [2.75, 3.05) is 0 Å². The van der Waals surface area contributed by atoms with Crippen LogP contribution in [0.25, 0.3) is 0 Å². The summed E-state index contributed by atoms with van der Waals surface area (Å²) < 4.78 is 0. The Labute approximate surface area is 84.9 Å². The van der Waals surface area contributed by atoms with Crippen LogP contribution in [-0.4, -0.2) is 38.7 Å². The van der Waals surface area contributed by atoms with E-state index in [1.165, 1.54) is 6.92 Å². The summed E-state index contributed by atoms with van der Waals surface area (Å²) in [7, 11) is 0. The molecule has 1 atom stereocenters. The maximum absolute atomic E-state index is 9.45. The summed E-state index contributed by atoms with van der Waals surface area (Å²) in [5, 5.41) is 15.8. The van der Waals surface area contributed by atoms with E-state index in [4.69, 9.17) is 10.2 Å². The number of hydrogen-bond acceptors (Lipinski definition) is 4. The smallest absolute Gasteiger partial charge is 0.332 e. The van der Waals surface area contributed by atoms with Crippen LogP contribution in [0.5, 0.6) is 0 Å². The molecule has 12 heavy (non-hydrogen) atoms. The summed E-state index contributed by atoms with van der Waals surface area (Å²) in [6.07, 6.45) is -1.23. The summed E-state index contributed by atoms with van der Waals surface area (Å²) in [6, 6.07) is 0. The van der Waals surface area contributed by atoms with Gasteiger partial charge in [0.05, 0.1) is 0 Å². The molecule has 0 aliphatic rings. The Hall–Kier alpha value is -0.0557. The Bertz CT molecular complexity index is 71.8. The van der Waals surface area contributed by atoms with E-state index in [-0.39, 0.29) is 50.4 Å². The van der Waals surface area contributed by atoms with Crippen molar-refractivity contribution in [3.8, 4) is 0 Å². The second-order valence-electron chi connectivity index (χ2n) is 1.01. The summed E-state index contributed by atoms with van der Waals surface area (Å²) >= 11 is 0. The van der Waals surface area contributed by atoms with Gasteiger partial charge in [-0.2, -0.15) is 0 Å². The molecule has 0 aromatic heterocycles. The van der Waals surface area contributed by atoms with Crippen LogP contribution in [0.4, 0.5) is 0 Å². The van der Waals surface area contributed by atoms with Gasteiger partial charge in [-0.3, -0.25) is 0 Å². The molecular weight excluding hydrogens is 208 g/mol. The van der Waals surface area contributed by atoms with Crippen LogP contribution >= 0.6 is 0 Å². The fraction of sp³-hybridized carbons (Fsp3) is 0.667. The van der Waals surface area contributed by atoms with Gasteiger partial charge in [-0.15, -0.1) is 0 Å². The fourth-order valence-electron chi connectivity index (χ4n) is 0. The first-order valence-corrected chi connectivity index (χ1v) is 1.55. The Morgan fingerprint density at radius 3 is 1.33 bits per heavy atom.